The van der Waals surface area contributed by atoms with Crippen LogP contribution >= 0.6 is 0 Å². The zero-order valence-corrected chi connectivity index (χ0v) is 21.8. The van der Waals surface area contributed by atoms with E-state index in [1.807, 2.05) is 22.9 Å². The summed E-state index contributed by atoms with van der Waals surface area (Å²) in [6.45, 7) is 8.98. The molecule has 3 aromatic carbocycles. The first kappa shape index (κ1) is 24.9. The summed E-state index contributed by atoms with van der Waals surface area (Å²) in [5.74, 6) is 1.67. The second-order valence-corrected chi connectivity index (χ2v) is 9.51. The highest BCUT2D eigenvalue weighted by molar-refractivity contribution is 5.49. The van der Waals surface area contributed by atoms with Gasteiger partial charge in [0.25, 0.3) is 0 Å². The summed E-state index contributed by atoms with van der Waals surface area (Å²) in [5, 5.41) is 13.2. The largest absolute Gasteiger partial charge is 0.497 e. The number of hydrogen-bond acceptors (Lipinski definition) is 6. The Labute approximate surface area is 219 Å². The monoisotopic (exact) mass is 494 g/mol. The number of piperazine rings is 1. The number of aryl methyl sites for hydroxylation is 2. The van der Waals surface area contributed by atoms with E-state index in [9.17, 15) is 0 Å². The molecule has 0 spiro atoms. The predicted octanol–water partition coefficient (Wildman–Crippen LogP) is 4.71. The molecule has 1 unspecified atom stereocenters. The van der Waals surface area contributed by atoms with Crippen LogP contribution in [0.25, 0.3) is 11.8 Å². The fourth-order valence-corrected chi connectivity index (χ4v) is 5.08. The van der Waals surface area contributed by atoms with Gasteiger partial charge < -0.3 is 4.74 Å². The first-order valence-electron chi connectivity index (χ1n) is 12.8. The number of para-hydroxylation sites is 1. The quantitative estimate of drug-likeness (QED) is 0.354. The Morgan fingerprint density at radius 2 is 1.57 bits per heavy atom. The van der Waals surface area contributed by atoms with E-state index < -0.39 is 0 Å². The summed E-state index contributed by atoms with van der Waals surface area (Å²) >= 11 is 0. The summed E-state index contributed by atoms with van der Waals surface area (Å²) < 4.78 is 7.35. The first-order valence-corrected chi connectivity index (χ1v) is 12.8. The zero-order valence-electron chi connectivity index (χ0n) is 21.8. The molecule has 0 saturated carbocycles. The summed E-state index contributed by atoms with van der Waals surface area (Å²) in [7, 11) is 1.69. The average Bonchev–Trinajstić information content (AvgIpc) is 3.39. The SMILES string of the molecule is COc1ccc(C(c2nnnn2-c2c(C)cccc2C)N2CCN(C/C=C/c3ccccc3)CC2)cc1. The van der Waals surface area contributed by atoms with Gasteiger partial charge in [-0.25, -0.2) is 0 Å². The lowest BCUT2D eigenvalue weighted by Crippen LogP contribution is -2.48. The van der Waals surface area contributed by atoms with Crippen LogP contribution < -0.4 is 4.74 Å². The van der Waals surface area contributed by atoms with Crippen molar-refractivity contribution in [3.63, 3.8) is 0 Å². The van der Waals surface area contributed by atoms with Crippen molar-refractivity contribution < 1.29 is 4.74 Å². The highest BCUT2D eigenvalue weighted by Crippen LogP contribution is 2.31. The number of hydrogen-bond donors (Lipinski definition) is 0. The van der Waals surface area contributed by atoms with Crippen molar-refractivity contribution in [2.24, 2.45) is 0 Å². The molecule has 5 rings (SSSR count). The van der Waals surface area contributed by atoms with Crippen LogP contribution in [0.5, 0.6) is 5.75 Å². The van der Waals surface area contributed by atoms with E-state index in [1.54, 1.807) is 7.11 Å². The summed E-state index contributed by atoms with van der Waals surface area (Å²) in [4.78, 5) is 4.99. The maximum atomic E-state index is 5.42. The van der Waals surface area contributed by atoms with Crippen molar-refractivity contribution in [3.05, 3.63) is 107 Å². The number of methoxy groups -OCH3 is 1. The van der Waals surface area contributed by atoms with Crippen molar-refractivity contribution >= 4 is 6.08 Å². The fraction of sp³-hybridized carbons (Fsp3) is 0.300. The molecule has 1 atom stereocenters. The highest BCUT2D eigenvalue weighted by Gasteiger charge is 2.31. The van der Waals surface area contributed by atoms with Gasteiger partial charge in [-0.3, -0.25) is 9.80 Å². The van der Waals surface area contributed by atoms with Crippen molar-refractivity contribution in [2.45, 2.75) is 19.9 Å². The summed E-state index contributed by atoms with van der Waals surface area (Å²) in [6, 6.07) is 25.0. The maximum Gasteiger partial charge on any atom is 0.178 e. The van der Waals surface area contributed by atoms with Crippen molar-refractivity contribution in [3.8, 4) is 11.4 Å². The van der Waals surface area contributed by atoms with E-state index in [0.717, 1.165) is 66.7 Å². The van der Waals surface area contributed by atoms with Gasteiger partial charge in [0.15, 0.2) is 5.82 Å². The number of tetrazole rings is 1. The molecular weight excluding hydrogens is 460 g/mol. The van der Waals surface area contributed by atoms with Gasteiger partial charge in [0.2, 0.25) is 0 Å². The van der Waals surface area contributed by atoms with Gasteiger partial charge in [0.05, 0.1) is 18.8 Å². The predicted molar refractivity (Wildman–Crippen MR) is 147 cm³/mol. The smallest absolute Gasteiger partial charge is 0.178 e. The highest BCUT2D eigenvalue weighted by atomic mass is 16.5. The molecule has 1 saturated heterocycles. The van der Waals surface area contributed by atoms with Crippen LogP contribution in [-0.4, -0.2) is 69.8 Å². The average molecular weight is 495 g/mol. The van der Waals surface area contributed by atoms with Gasteiger partial charge in [-0.2, -0.15) is 4.68 Å². The van der Waals surface area contributed by atoms with Crippen LogP contribution in [0.4, 0.5) is 0 Å². The van der Waals surface area contributed by atoms with Crippen LogP contribution in [0, 0.1) is 13.8 Å². The molecule has 1 aliphatic heterocycles. The molecule has 0 radical (unpaired) electrons. The fourth-order valence-electron chi connectivity index (χ4n) is 5.08. The third-order valence-electron chi connectivity index (χ3n) is 7.07. The minimum absolute atomic E-state index is 0.0677. The molecule has 37 heavy (non-hydrogen) atoms. The summed E-state index contributed by atoms with van der Waals surface area (Å²) in [5.41, 5.74) is 5.74. The molecule has 1 fully saturated rings. The third-order valence-corrected chi connectivity index (χ3v) is 7.07. The van der Waals surface area contributed by atoms with Gasteiger partial charge in [-0.05, 0) is 58.7 Å². The minimum Gasteiger partial charge on any atom is -0.497 e. The van der Waals surface area contributed by atoms with Gasteiger partial charge in [0, 0.05) is 32.7 Å². The van der Waals surface area contributed by atoms with E-state index in [0.29, 0.717) is 0 Å². The van der Waals surface area contributed by atoms with Crippen molar-refractivity contribution in [2.75, 3.05) is 39.8 Å². The number of aromatic nitrogens is 4. The van der Waals surface area contributed by atoms with E-state index in [-0.39, 0.29) is 6.04 Å². The minimum atomic E-state index is -0.0677. The topological polar surface area (TPSA) is 59.3 Å². The van der Waals surface area contributed by atoms with Gasteiger partial charge in [-0.1, -0.05) is 72.8 Å². The van der Waals surface area contributed by atoms with Crippen LogP contribution in [0.15, 0.2) is 78.9 Å². The van der Waals surface area contributed by atoms with Crippen LogP contribution in [0.2, 0.25) is 0 Å². The molecule has 7 nitrogen and oxygen atoms in total. The van der Waals surface area contributed by atoms with Gasteiger partial charge in [-0.15, -0.1) is 5.10 Å². The number of rotatable bonds is 8. The molecule has 190 valence electrons. The van der Waals surface area contributed by atoms with E-state index in [2.05, 4.69) is 106 Å². The standard InChI is InChI=1S/C30H34N6O/c1-23-9-7-10-24(2)28(23)36-30(31-32-33-36)29(26-14-16-27(37-3)17-15-26)35-21-19-34(20-22-35)18-8-13-25-11-5-4-6-12-25/h4-17,29H,18-22H2,1-3H3/b13-8+. The summed E-state index contributed by atoms with van der Waals surface area (Å²) in [6.07, 6.45) is 4.46. The van der Waals surface area contributed by atoms with Crippen molar-refractivity contribution in [1.82, 2.24) is 30.0 Å². The molecular formula is C30H34N6O. The third kappa shape index (κ3) is 5.63. The lowest BCUT2D eigenvalue weighted by Gasteiger charge is -2.38. The molecule has 1 aromatic heterocycles. The molecule has 1 aliphatic rings. The number of nitrogens with zero attached hydrogens (tertiary/aromatic N) is 6. The molecule has 4 aromatic rings. The van der Waals surface area contributed by atoms with E-state index >= 15 is 0 Å². The lowest BCUT2D eigenvalue weighted by molar-refractivity contribution is 0.113. The Kier molecular flexibility index (Phi) is 7.73. The van der Waals surface area contributed by atoms with Gasteiger partial charge in [0.1, 0.15) is 5.75 Å². The maximum absolute atomic E-state index is 5.42. The van der Waals surface area contributed by atoms with E-state index in [1.165, 1.54) is 5.56 Å². The zero-order chi connectivity index (χ0) is 25.6. The Bertz CT molecular complexity index is 1300. The lowest BCUT2D eigenvalue weighted by atomic mass is 10.0. The normalized spacial score (nSPS) is 15.8. The second kappa shape index (κ2) is 11.5. The Morgan fingerprint density at radius 3 is 2.24 bits per heavy atom. The molecule has 0 amide bonds. The number of ether oxygens (including phenoxy) is 1. The molecule has 0 aliphatic carbocycles. The Morgan fingerprint density at radius 1 is 0.865 bits per heavy atom. The molecule has 7 heteroatoms. The van der Waals surface area contributed by atoms with Crippen LogP contribution in [-0.2, 0) is 0 Å². The van der Waals surface area contributed by atoms with Crippen LogP contribution in [0.1, 0.15) is 34.1 Å². The molecule has 2 heterocycles. The van der Waals surface area contributed by atoms with Gasteiger partial charge >= 0.3 is 0 Å². The first-order chi connectivity index (χ1) is 18.1. The Balaban J connectivity index is 1.39. The van der Waals surface area contributed by atoms with Crippen LogP contribution in [0.3, 0.4) is 0 Å². The Hall–Kier alpha value is -3.81. The van der Waals surface area contributed by atoms with E-state index in [4.69, 9.17) is 4.74 Å². The molecule has 0 N–H and O–H groups in total. The second-order valence-electron chi connectivity index (χ2n) is 9.51. The molecule has 0 bridgehead atoms. The van der Waals surface area contributed by atoms with Crippen molar-refractivity contribution in [1.29, 1.82) is 0 Å². The number of benzene rings is 3.